The molecule has 1 rings (SSSR count). The Hall–Kier alpha value is -1.35. The first-order chi connectivity index (χ1) is 8.17. The van der Waals surface area contributed by atoms with Gasteiger partial charge in [0.2, 0.25) is 5.91 Å². The lowest BCUT2D eigenvalue weighted by molar-refractivity contribution is -0.121. The normalized spacial score (nSPS) is 12.2. The molecule has 0 spiro atoms. The summed E-state index contributed by atoms with van der Waals surface area (Å²) in [5.74, 6) is -0.0355. The van der Waals surface area contributed by atoms with Crippen molar-refractivity contribution in [2.24, 2.45) is 0 Å². The van der Waals surface area contributed by atoms with Crippen molar-refractivity contribution >= 4 is 5.91 Å². The van der Waals surface area contributed by atoms with Gasteiger partial charge in [-0.15, -0.1) is 0 Å². The van der Waals surface area contributed by atoms with E-state index in [1.165, 1.54) is 5.56 Å². The molecule has 0 saturated heterocycles. The van der Waals surface area contributed by atoms with Gasteiger partial charge in [-0.1, -0.05) is 37.6 Å². The summed E-state index contributed by atoms with van der Waals surface area (Å²) in [6.45, 7) is 2.14. The van der Waals surface area contributed by atoms with Crippen LogP contribution in [-0.4, -0.2) is 18.1 Å². The van der Waals surface area contributed by atoms with E-state index < -0.39 is 6.10 Å². The van der Waals surface area contributed by atoms with Crippen LogP contribution in [0.3, 0.4) is 0 Å². The van der Waals surface area contributed by atoms with E-state index >= 15 is 0 Å². The number of nitrogens with one attached hydrogen (secondary N) is 1. The van der Waals surface area contributed by atoms with Gasteiger partial charge in [0.25, 0.3) is 0 Å². The number of carbonyl (C=O) groups excluding carboxylic acids is 1. The first kappa shape index (κ1) is 13.7. The molecular weight excluding hydrogens is 214 g/mol. The molecule has 0 aliphatic carbocycles. The van der Waals surface area contributed by atoms with E-state index in [-0.39, 0.29) is 5.91 Å². The van der Waals surface area contributed by atoms with Crippen molar-refractivity contribution in [1.82, 2.24) is 5.32 Å². The Labute approximate surface area is 103 Å². The van der Waals surface area contributed by atoms with Crippen LogP contribution in [0.15, 0.2) is 24.3 Å². The Morgan fingerprint density at radius 2 is 2.00 bits per heavy atom. The van der Waals surface area contributed by atoms with Crippen LogP contribution >= 0.6 is 0 Å². The summed E-state index contributed by atoms with van der Waals surface area (Å²) in [7, 11) is 1.61. The predicted octanol–water partition coefficient (Wildman–Crippen LogP) is 2.20. The molecule has 1 amide bonds. The van der Waals surface area contributed by atoms with Crippen LogP contribution in [0, 0.1) is 0 Å². The van der Waals surface area contributed by atoms with E-state index in [9.17, 15) is 9.90 Å². The zero-order valence-electron chi connectivity index (χ0n) is 10.6. The molecule has 1 unspecified atom stereocenters. The minimum absolute atomic E-state index is 0.0355. The first-order valence-corrected chi connectivity index (χ1v) is 6.14. The number of aliphatic hydroxyl groups is 1. The van der Waals surface area contributed by atoms with E-state index in [0.717, 1.165) is 18.4 Å². The lowest BCUT2D eigenvalue weighted by Crippen LogP contribution is -2.18. The maximum absolute atomic E-state index is 11.1. The van der Waals surface area contributed by atoms with Crippen LogP contribution < -0.4 is 5.32 Å². The van der Waals surface area contributed by atoms with Crippen molar-refractivity contribution in [3.63, 3.8) is 0 Å². The van der Waals surface area contributed by atoms with Crippen molar-refractivity contribution in [2.45, 2.75) is 38.7 Å². The van der Waals surface area contributed by atoms with Gasteiger partial charge in [0, 0.05) is 13.5 Å². The fourth-order valence-corrected chi connectivity index (χ4v) is 1.75. The Kier molecular flexibility index (Phi) is 5.70. The van der Waals surface area contributed by atoms with Gasteiger partial charge in [-0.05, 0) is 24.0 Å². The molecule has 0 aromatic heterocycles. The monoisotopic (exact) mass is 235 g/mol. The van der Waals surface area contributed by atoms with E-state index in [0.29, 0.717) is 12.8 Å². The van der Waals surface area contributed by atoms with E-state index in [4.69, 9.17) is 0 Å². The SMILES string of the molecule is CCCc1ccc(C(O)CCC(=O)NC)cc1. The average Bonchev–Trinajstić information content (AvgIpc) is 2.36. The number of hydrogen-bond acceptors (Lipinski definition) is 2. The fraction of sp³-hybridized carbons (Fsp3) is 0.500. The summed E-state index contributed by atoms with van der Waals surface area (Å²) < 4.78 is 0. The summed E-state index contributed by atoms with van der Waals surface area (Å²) >= 11 is 0. The topological polar surface area (TPSA) is 49.3 Å². The number of amides is 1. The van der Waals surface area contributed by atoms with Crippen LogP contribution in [0.1, 0.15) is 43.4 Å². The number of aliphatic hydroxyl groups excluding tert-OH is 1. The van der Waals surface area contributed by atoms with Crippen molar-refractivity contribution in [3.8, 4) is 0 Å². The second-order valence-corrected chi connectivity index (χ2v) is 4.22. The quantitative estimate of drug-likeness (QED) is 0.794. The molecule has 1 atom stereocenters. The number of benzene rings is 1. The van der Waals surface area contributed by atoms with Crippen LogP contribution in [0.25, 0.3) is 0 Å². The zero-order chi connectivity index (χ0) is 12.7. The molecule has 0 fully saturated rings. The first-order valence-electron chi connectivity index (χ1n) is 6.14. The van der Waals surface area contributed by atoms with Gasteiger partial charge in [0.05, 0.1) is 6.10 Å². The second kappa shape index (κ2) is 7.07. The highest BCUT2D eigenvalue weighted by Crippen LogP contribution is 2.19. The molecule has 3 heteroatoms. The van der Waals surface area contributed by atoms with Gasteiger partial charge >= 0.3 is 0 Å². The molecule has 0 bridgehead atoms. The smallest absolute Gasteiger partial charge is 0.219 e. The predicted molar refractivity (Wildman–Crippen MR) is 68.7 cm³/mol. The van der Waals surface area contributed by atoms with Crippen LogP contribution in [0.5, 0.6) is 0 Å². The van der Waals surface area contributed by atoms with Crippen LogP contribution in [0.2, 0.25) is 0 Å². The van der Waals surface area contributed by atoms with Crippen molar-refractivity contribution in [2.75, 3.05) is 7.05 Å². The molecule has 3 nitrogen and oxygen atoms in total. The minimum atomic E-state index is -0.553. The Morgan fingerprint density at radius 3 is 2.53 bits per heavy atom. The molecular formula is C14H21NO2. The van der Waals surface area contributed by atoms with Crippen molar-refractivity contribution < 1.29 is 9.90 Å². The average molecular weight is 235 g/mol. The molecule has 1 aromatic carbocycles. The fourth-order valence-electron chi connectivity index (χ4n) is 1.75. The highest BCUT2D eigenvalue weighted by Gasteiger charge is 2.09. The lowest BCUT2D eigenvalue weighted by Gasteiger charge is -2.11. The van der Waals surface area contributed by atoms with Crippen molar-refractivity contribution in [3.05, 3.63) is 35.4 Å². The molecule has 0 aliphatic heterocycles. The maximum atomic E-state index is 11.1. The summed E-state index contributed by atoms with van der Waals surface area (Å²) in [6.07, 6.45) is 2.46. The van der Waals surface area contributed by atoms with E-state index in [1.807, 2.05) is 24.3 Å². The highest BCUT2D eigenvalue weighted by molar-refractivity contribution is 5.75. The van der Waals surface area contributed by atoms with Crippen LogP contribution in [-0.2, 0) is 11.2 Å². The molecule has 0 aliphatic rings. The summed E-state index contributed by atoms with van der Waals surface area (Å²) in [6, 6.07) is 7.98. The van der Waals surface area contributed by atoms with Gasteiger partial charge in [0.15, 0.2) is 0 Å². The highest BCUT2D eigenvalue weighted by atomic mass is 16.3. The summed E-state index contributed by atoms with van der Waals surface area (Å²) in [5.41, 5.74) is 2.17. The largest absolute Gasteiger partial charge is 0.388 e. The molecule has 0 heterocycles. The molecule has 1 aromatic rings. The molecule has 2 N–H and O–H groups in total. The molecule has 0 radical (unpaired) electrons. The second-order valence-electron chi connectivity index (χ2n) is 4.22. The molecule has 17 heavy (non-hydrogen) atoms. The number of rotatable bonds is 6. The number of aryl methyl sites for hydroxylation is 1. The lowest BCUT2D eigenvalue weighted by atomic mass is 10.0. The van der Waals surface area contributed by atoms with Gasteiger partial charge in [-0.2, -0.15) is 0 Å². The minimum Gasteiger partial charge on any atom is -0.388 e. The van der Waals surface area contributed by atoms with E-state index in [2.05, 4.69) is 12.2 Å². The van der Waals surface area contributed by atoms with Gasteiger partial charge in [-0.3, -0.25) is 4.79 Å². The van der Waals surface area contributed by atoms with Gasteiger partial charge in [-0.25, -0.2) is 0 Å². The van der Waals surface area contributed by atoms with Crippen molar-refractivity contribution in [1.29, 1.82) is 0 Å². The maximum Gasteiger partial charge on any atom is 0.219 e. The molecule has 94 valence electrons. The Bertz CT molecular complexity index is 346. The number of carbonyl (C=O) groups is 1. The van der Waals surface area contributed by atoms with Gasteiger partial charge in [0.1, 0.15) is 0 Å². The summed E-state index contributed by atoms with van der Waals surface area (Å²) in [4.78, 5) is 11.1. The zero-order valence-corrected chi connectivity index (χ0v) is 10.6. The summed E-state index contributed by atoms with van der Waals surface area (Å²) in [5, 5.41) is 12.5. The van der Waals surface area contributed by atoms with E-state index in [1.54, 1.807) is 7.05 Å². The molecule has 0 saturated carbocycles. The Morgan fingerprint density at radius 1 is 1.35 bits per heavy atom. The van der Waals surface area contributed by atoms with Crippen LogP contribution in [0.4, 0.5) is 0 Å². The third kappa shape index (κ3) is 4.57. The third-order valence-electron chi connectivity index (χ3n) is 2.83. The Balaban J connectivity index is 2.51. The third-order valence-corrected chi connectivity index (χ3v) is 2.83. The van der Waals surface area contributed by atoms with Gasteiger partial charge < -0.3 is 10.4 Å². The number of hydrogen-bond donors (Lipinski definition) is 2. The standard InChI is InChI=1S/C14H21NO2/c1-3-4-11-5-7-12(8-6-11)13(16)9-10-14(17)15-2/h5-8,13,16H,3-4,9-10H2,1-2H3,(H,15,17).